The number of hydrogen-bond acceptors (Lipinski definition) is 3. The summed E-state index contributed by atoms with van der Waals surface area (Å²) < 4.78 is 0. The van der Waals surface area contributed by atoms with Gasteiger partial charge in [0, 0.05) is 5.92 Å². The predicted octanol–water partition coefficient (Wildman–Crippen LogP) is 0.534. The molecular weight excluding hydrogens is 130 g/mol. The average Bonchev–Trinajstić information content (AvgIpc) is 2.44. The fourth-order valence-corrected chi connectivity index (χ4v) is 1.78. The molecule has 3 nitrogen and oxygen atoms in total. The van der Waals surface area contributed by atoms with Crippen molar-refractivity contribution in [1.82, 2.24) is 0 Å². The molecule has 0 saturated heterocycles. The van der Waals surface area contributed by atoms with Crippen molar-refractivity contribution in [2.45, 2.75) is 25.4 Å². The summed E-state index contributed by atoms with van der Waals surface area (Å²) in [6.07, 6.45) is 3.76. The Morgan fingerprint density at radius 1 is 1.60 bits per heavy atom. The van der Waals surface area contributed by atoms with Crippen molar-refractivity contribution in [3.05, 3.63) is 0 Å². The molecule has 1 N–H and O–H groups in total. The minimum Gasteiger partial charge on any atom is -0.392 e. The first-order valence-electron chi connectivity index (χ1n) is 3.75. The minimum atomic E-state index is 0.0706. The molecule has 1 aliphatic heterocycles. The molecule has 0 spiro atoms. The van der Waals surface area contributed by atoms with E-state index in [4.69, 9.17) is 9.94 Å². The molecule has 0 amide bonds. The van der Waals surface area contributed by atoms with Gasteiger partial charge in [-0.2, -0.15) is 0 Å². The normalized spacial score (nSPS) is 37.1. The summed E-state index contributed by atoms with van der Waals surface area (Å²) in [5.41, 5.74) is 0.850. The van der Waals surface area contributed by atoms with Crippen LogP contribution in [0.1, 0.15) is 19.3 Å². The van der Waals surface area contributed by atoms with Gasteiger partial charge in [-0.05, 0) is 19.3 Å². The van der Waals surface area contributed by atoms with Crippen LogP contribution in [0.2, 0.25) is 0 Å². The molecule has 0 unspecified atom stereocenters. The van der Waals surface area contributed by atoms with Crippen molar-refractivity contribution >= 4 is 5.71 Å². The fraction of sp³-hybridized carbons (Fsp3) is 0.857. The van der Waals surface area contributed by atoms with Gasteiger partial charge in [-0.25, -0.2) is 0 Å². The second-order valence-corrected chi connectivity index (χ2v) is 2.92. The van der Waals surface area contributed by atoms with Gasteiger partial charge in [-0.15, -0.1) is 0 Å². The molecule has 0 radical (unpaired) electrons. The van der Waals surface area contributed by atoms with Gasteiger partial charge < -0.3 is 9.94 Å². The van der Waals surface area contributed by atoms with E-state index < -0.39 is 0 Å². The SMILES string of the molecule is OCC1=NO[C@H]2CCC[C@H]12. The van der Waals surface area contributed by atoms with Crippen molar-refractivity contribution < 1.29 is 9.94 Å². The molecule has 1 fully saturated rings. The van der Waals surface area contributed by atoms with Crippen LogP contribution in [-0.2, 0) is 4.84 Å². The highest BCUT2D eigenvalue weighted by Gasteiger charge is 2.37. The average molecular weight is 141 g/mol. The Kier molecular flexibility index (Phi) is 1.38. The molecule has 0 bridgehead atoms. The summed E-state index contributed by atoms with van der Waals surface area (Å²) in [4.78, 5) is 5.11. The van der Waals surface area contributed by atoms with Gasteiger partial charge in [0.05, 0.1) is 12.3 Å². The molecule has 1 heterocycles. The maximum atomic E-state index is 8.80. The van der Waals surface area contributed by atoms with Crippen LogP contribution in [-0.4, -0.2) is 23.5 Å². The summed E-state index contributed by atoms with van der Waals surface area (Å²) in [6.45, 7) is 0.0706. The van der Waals surface area contributed by atoms with Crippen molar-refractivity contribution in [2.75, 3.05) is 6.61 Å². The van der Waals surface area contributed by atoms with Crippen LogP contribution in [0.3, 0.4) is 0 Å². The summed E-state index contributed by atoms with van der Waals surface area (Å²) in [5, 5.41) is 12.6. The van der Waals surface area contributed by atoms with Crippen LogP contribution in [0, 0.1) is 5.92 Å². The van der Waals surface area contributed by atoms with E-state index in [0.29, 0.717) is 12.0 Å². The quantitative estimate of drug-likeness (QED) is 0.579. The monoisotopic (exact) mass is 141 g/mol. The lowest BCUT2D eigenvalue weighted by Crippen LogP contribution is -2.19. The standard InChI is InChI=1S/C7H11NO2/c9-4-6-5-2-1-3-7(5)10-8-6/h5,7,9H,1-4H2/t5-,7+/m1/s1. The first kappa shape index (κ1) is 6.16. The number of rotatable bonds is 1. The van der Waals surface area contributed by atoms with E-state index in [1.807, 2.05) is 0 Å². The Balaban J connectivity index is 2.10. The minimum absolute atomic E-state index is 0.0706. The van der Waals surface area contributed by atoms with E-state index in [9.17, 15) is 0 Å². The highest BCUT2D eigenvalue weighted by atomic mass is 16.6. The van der Waals surface area contributed by atoms with Crippen molar-refractivity contribution in [1.29, 1.82) is 0 Å². The molecule has 56 valence electrons. The lowest BCUT2D eigenvalue weighted by molar-refractivity contribution is 0.0746. The van der Waals surface area contributed by atoms with Gasteiger partial charge in [-0.1, -0.05) is 5.16 Å². The van der Waals surface area contributed by atoms with E-state index in [2.05, 4.69) is 5.16 Å². The van der Waals surface area contributed by atoms with Gasteiger partial charge in [0.2, 0.25) is 0 Å². The van der Waals surface area contributed by atoms with E-state index >= 15 is 0 Å². The number of oxime groups is 1. The van der Waals surface area contributed by atoms with Gasteiger partial charge in [-0.3, -0.25) is 0 Å². The molecule has 2 rings (SSSR count). The second kappa shape index (κ2) is 2.23. The van der Waals surface area contributed by atoms with Crippen LogP contribution in [0.5, 0.6) is 0 Å². The Bertz CT molecular complexity index is 167. The van der Waals surface area contributed by atoms with Crippen LogP contribution < -0.4 is 0 Å². The molecule has 1 aliphatic carbocycles. The van der Waals surface area contributed by atoms with E-state index in [1.54, 1.807) is 0 Å². The predicted molar refractivity (Wildman–Crippen MR) is 36.7 cm³/mol. The molecule has 2 aliphatic rings. The number of aliphatic hydroxyl groups is 1. The number of hydrogen-bond donors (Lipinski definition) is 1. The van der Waals surface area contributed by atoms with Gasteiger partial charge in [0.25, 0.3) is 0 Å². The Morgan fingerprint density at radius 2 is 2.50 bits per heavy atom. The zero-order valence-electron chi connectivity index (χ0n) is 5.79. The van der Waals surface area contributed by atoms with Crippen LogP contribution in [0.25, 0.3) is 0 Å². The molecule has 0 aromatic carbocycles. The zero-order chi connectivity index (χ0) is 6.97. The lowest BCUT2D eigenvalue weighted by atomic mass is 10.0. The van der Waals surface area contributed by atoms with Crippen molar-refractivity contribution in [3.63, 3.8) is 0 Å². The van der Waals surface area contributed by atoms with Crippen molar-refractivity contribution in [3.8, 4) is 0 Å². The van der Waals surface area contributed by atoms with Crippen LogP contribution in [0.4, 0.5) is 0 Å². The Morgan fingerprint density at radius 3 is 3.30 bits per heavy atom. The van der Waals surface area contributed by atoms with Gasteiger partial charge in [0.15, 0.2) is 0 Å². The Hall–Kier alpha value is -0.570. The van der Waals surface area contributed by atoms with Gasteiger partial charge in [0.1, 0.15) is 6.10 Å². The van der Waals surface area contributed by atoms with E-state index in [1.165, 1.54) is 6.42 Å². The molecular formula is C7H11NO2. The molecule has 10 heavy (non-hydrogen) atoms. The topological polar surface area (TPSA) is 41.8 Å². The maximum Gasteiger partial charge on any atom is 0.135 e. The first-order valence-corrected chi connectivity index (χ1v) is 3.75. The summed E-state index contributed by atoms with van der Waals surface area (Å²) in [6, 6.07) is 0. The summed E-state index contributed by atoms with van der Waals surface area (Å²) in [7, 11) is 0. The molecule has 1 saturated carbocycles. The summed E-state index contributed by atoms with van der Waals surface area (Å²) in [5.74, 6) is 0.435. The summed E-state index contributed by atoms with van der Waals surface area (Å²) >= 11 is 0. The van der Waals surface area contributed by atoms with Crippen LogP contribution in [0.15, 0.2) is 5.16 Å². The van der Waals surface area contributed by atoms with E-state index in [-0.39, 0.29) is 6.61 Å². The fourth-order valence-electron chi connectivity index (χ4n) is 1.78. The molecule has 0 aromatic heterocycles. The zero-order valence-corrected chi connectivity index (χ0v) is 5.79. The smallest absolute Gasteiger partial charge is 0.135 e. The number of nitrogens with zero attached hydrogens (tertiary/aromatic N) is 1. The number of aliphatic hydroxyl groups excluding tert-OH is 1. The first-order chi connectivity index (χ1) is 4.92. The van der Waals surface area contributed by atoms with E-state index in [0.717, 1.165) is 18.6 Å². The lowest BCUT2D eigenvalue weighted by Gasteiger charge is -2.05. The number of fused-ring (bicyclic) bond motifs is 1. The molecule has 0 aromatic rings. The third kappa shape index (κ3) is 0.736. The molecule has 2 atom stereocenters. The third-order valence-electron chi connectivity index (χ3n) is 2.35. The van der Waals surface area contributed by atoms with Crippen LogP contribution >= 0.6 is 0 Å². The second-order valence-electron chi connectivity index (χ2n) is 2.92. The van der Waals surface area contributed by atoms with Gasteiger partial charge >= 0.3 is 0 Å². The molecule has 3 heteroatoms. The maximum absolute atomic E-state index is 8.80. The van der Waals surface area contributed by atoms with Crippen molar-refractivity contribution in [2.24, 2.45) is 11.1 Å². The third-order valence-corrected chi connectivity index (χ3v) is 2.35. The largest absolute Gasteiger partial charge is 0.392 e. The highest BCUT2D eigenvalue weighted by Crippen LogP contribution is 2.33. The Labute approximate surface area is 59.7 Å². The highest BCUT2D eigenvalue weighted by molar-refractivity contribution is 5.89.